The smallest absolute Gasteiger partial charge is 0.412 e. The molecule has 2 aromatic rings. The van der Waals surface area contributed by atoms with Gasteiger partial charge in [0.1, 0.15) is 12.1 Å². The van der Waals surface area contributed by atoms with Crippen LogP contribution in [-0.2, 0) is 4.74 Å². The van der Waals surface area contributed by atoms with Gasteiger partial charge in [-0.1, -0.05) is 0 Å². The third-order valence-electron chi connectivity index (χ3n) is 2.69. The maximum Gasteiger partial charge on any atom is 0.412 e. The number of hydrogen-bond donors (Lipinski definition) is 1. The second-order valence-electron chi connectivity index (χ2n) is 4.18. The number of aromatic nitrogens is 3. The van der Waals surface area contributed by atoms with Crippen LogP contribution < -0.4 is 10.1 Å². The fourth-order valence-electron chi connectivity index (χ4n) is 1.73. The number of ether oxygens (including phenoxy) is 2. The van der Waals surface area contributed by atoms with E-state index in [0.717, 1.165) is 11.1 Å². The van der Waals surface area contributed by atoms with Crippen LogP contribution in [-0.4, -0.2) is 34.8 Å². The van der Waals surface area contributed by atoms with E-state index in [2.05, 4.69) is 25.0 Å². The normalized spacial score (nSPS) is 10.0. The lowest BCUT2D eigenvalue weighted by atomic mass is 10.1. The number of hydrogen-bond acceptors (Lipinski definition) is 6. The molecule has 0 aliphatic carbocycles. The molecule has 0 unspecified atom stereocenters. The van der Waals surface area contributed by atoms with Crippen molar-refractivity contribution in [3.8, 4) is 17.1 Å². The maximum absolute atomic E-state index is 11.2. The SMILES string of the molecule is CCOc1ncc(-c2cc(NC(=O)OC)ncn2)cc1C. The molecule has 0 fully saturated rings. The Morgan fingerprint density at radius 1 is 1.29 bits per heavy atom. The zero-order chi connectivity index (χ0) is 15.2. The van der Waals surface area contributed by atoms with Gasteiger partial charge in [0.25, 0.3) is 0 Å². The summed E-state index contributed by atoms with van der Waals surface area (Å²) in [5, 5.41) is 2.49. The summed E-state index contributed by atoms with van der Waals surface area (Å²) in [6.07, 6.45) is 2.45. The number of rotatable bonds is 4. The fraction of sp³-hybridized carbons (Fsp3) is 0.286. The van der Waals surface area contributed by atoms with Crippen LogP contribution in [0.3, 0.4) is 0 Å². The number of methoxy groups -OCH3 is 1. The Morgan fingerprint density at radius 2 is 2.10 bits per heavy atom. The summed E-state index contributed by atoms with van der Waals surface area (Å²) in [5.74, 6) is 0.960. The van der Waals surface area contributed by atoms with Crippen molar-refractivity contribution in [1.82, 2.24) is 15.0 Å². The van der Waals surface area contributed by atoms with Crippen LogP contribution in [0.2, 0.25) is 0 Å². The number of nitrogens with zero attached hydrogens (tertiary/aromatic N) is 3. The molecule has 0 aliphatic rings. The minimum atomic E-state index is -0.583. The van der Waals surface area contributed by atoms with Crippen LogP contribution in [0.5, 0.6) is 5.88 Å². The number of amides is 1. The highest BCUT2D eigenvalue weighted by molar-refractivity contribution is 5.83. The summed E-state index contributed by atoms with van der Waals surface area (Å²) < 4.78 is 9.92. The number of carbonyl (C=O) groups is 1. The molecule has 2 aromatic heterocycles. The van der Waals surface area contributed by atoms with Crippen molar-refractivity contribution in [2.45, 2.75) is 13.8 Å². The Hall–Kier alpha value is -2.70. The van der Waals surface area contributed by atoms with Gasteiger partial charge in [0.15, 0.2) is 0 Å². The zero-order valence-corrected chi connectivity index (χ0v) is 12.1. The minimum absolute atomic E-state index is 0.360. The predicted molar refractivity (Wildman–Crippen MR) is 77.2 cm³/mol. The van der Waals surface area contributed by atoms with E-state index >= 15 is 0 Å². The highest BCUT2D eigenvalue weighted by Gasteiger charge is 2.08. The minimum Gasteiger partial charge on any atom is -0.478 e. The van der Waals surface area contributed by atoms with Crippen LogP contribution in [0.1, 0.15) is 12.5 Å². The molecule has 0 saturated carbocycles. The first-order chi connectivity index (χ1) is 10.1. The molecule has 0 aliphatic heterocycles. The first-order valence-corrected chi connectivity index (χ1v) is 6.41. The van der Waals surface area contributed by atoms with Gasteiger partial charge in [-0.25, -0.2) is 19.7 Å². The fourth-order valence-corrected chi connectivity index (χ4v) is 1.73. The summed E-state index contributed by atoms with van der Waals surface area (Å²) >= 11 is 0. The first-order valence-electron chi connectivity index (χ1n) is 6.41. The highest BCUT2D eigenvalue weighted by Crippen LogP contribution is 2.23. The molecule has 110 valence electrons. The van der Waals surface area contributed by atoms with Gasteiger partial charge in [-0.15, -0.1) is 0 Å². The van der Waals surface area contributed by atoms with Crippen molar-refractivity contribution in [1.29, 1.82) is 0 Å². The van der Waals surface area contributed by atoms with Gasteiger partial charge in [-0.3, -0.25) is 5.32 Å². The van der Waals surface area contributed by atoms with Gasteiger partial charge in [-0.2, -0.15) is 0 Å². The molecule has 1 amide bonds. The molecular weight excluding hydrogens is 272 g/mol. The predicted octanol–water partition coefficient (Wildman–Crippen LogP) is 2.42. The molecule has 0 bridgehead atoms. The van der Waals surface area contributed by atoms with E-state index in [0.29, 0.717) is 24.0 Å². The number of pyridine rings is 1. The summed E-state index contributed by atoms with van der Waals surface area (Å²) in [5.41, 5.74) is 2.37. The molecule has 0 spiro atoms. The van der Waals surface area contributed by atoms with Crippen LogP contribution >= 0.6 is 0 Å². The quantitative estimate of drug-likeness (QED) is 0.929. The molecule has 7 heteroatoms. The summed E-state index contributed by atoms with van der Waals surface area (Å²) in [7, 11) is 1.29. The molecular formula is C14H16N4O3. The van der Waals surface area contributed by atoms with E-state index in [4.69, 9.17) is 4.74 Å². The average Bonchev–Trinajstić information content (AvgIpc) is 2.49. The van der Waals surface area contributed by atoms with Gasteiger partial charge in [0.2, 0.25) is 5.88 Å². The van der Waals surface area contributed by atoms with E-state index < -0.39 is 6.09 Å². The number of nitrogens with one attached hydrogen (secondary N) is 1. The highest BCUT2D eigenvalue weighted by atomic mass is 16.5. The molecule has 1 N–H and O–H groups in total. The van der Waals surface area contributed by atoms with Crippen molar-refractivity contribution in [2.75, 3.05) is 19.0 Å². The third-order valence-corrected chi connectivity index (χ3v) is 2.69. The van der Waals surface area contributed by atoms with E-state index in [9.17, 15) is 4.79 Å². The summed E-state index contributed by atoms with van der Waals surface area (Å²) in [6, 6.07) is 3.57. The third kappa shape index (κ3) is 3.65. The number of aryl methyl sites for hydroxylation is 1. The Balaban J connectivity index is 2.27. The average molecular weight is 288 g/mol. The van der Waals surface area contributed by atoms with Crippen LogP contribution in [0, 0.1) is 6.92 Å². The first kappa shape index (κ1) is 14.7. The monoisotopic (exact) mass is 288 g/mol. The van der Waals surface area contributed by atoms with Gasteiger partial charge >= 0.3 is 6.09 Å². The Morgan fingerprint density at radius 3 is 2.76 bits per heavy atom. The molecule has 0 radical (unpaired) electrons. The molecule has 0 aromatic carbocycles. The van der Waals surface area contributed by atoms with Gasteiger partial charge < -0.3 is 9.47 Å². The van der Waals surface area contributed by atoms with Crippen LogP contribution in [0.15, 0.2) is 24.7 Å². The second kappa shape index (κ2) is 6.65. The number of anilines is 1. The molecule has 0 atom stereocenters. The van der Waals surface area contributed by atoms with Gasteiger partial charge in [0.05, 0.1) is 19.4 Å². The topological polar surface area (TPSA) is 86.2 Å². The zero-order valence-electron chi connectivity index (χ0n) is 12.1. The van der Waals surface area contributed by atoms with Crippen molar-refractivity contribution in [3.05, 3.63) is 30.2 Å². The van der Waals surface area contributed by atoms with Gasteiger partial charge in [-0.05, 0) is 19.9 Å². The van der Waals surface area contributed by atoms with E-state index in [1.165, 1.54) is 13.4 Å². The van der Waals surface area contributed by atoms with Crippen molar-refractivity contribution in [3.63, 3.8) is 0 Å². The van der Waals surface area contributed by atoms with E-state index in [1.807, 2.05) is 19.9 Å². The second-order valence-corrected chi connectivity index (χ2v) is 4.18. The summed E-state index contributed by atoms with van der Waals surface area (Å²) in [6.45, 7) is 4.38. The molecule has 0 saturated heterocycles. The molecule has 7 nitrogen and oxygen atoms in total. The largest absolute Gasteiger partial charge is 0.478 e. The molecule has 2 rings (SSSR count). The van der Waals surface area contributed by atoms with Gasteiger partial charge in [0, 0.05) is 23.4 Å². The van der Waals surface area contributed by atoms with Crippen molar-refractivity contribution >= 4 is 11.9 Å². The van der Waals surface area contributed by atoms with E-state index in [1.54, 1.807) is 12.3 Å². The van der Waals surface area contributed by atoms with Crippen molar-refractivity contribution < 1.29 is 14.3 Å². The Labute approximate surface area is 122 Å². The lowest BCUT2D eigenvalue weighted by Crippen LogP contribution is -2.12. The maximum atomic E-state index is 11.2. The summed E-state index contributed by atoms with van der Waals surface area (Å²) in [4.78, 5) is 23.6. The molecule has 2 heterocycles. The Bertz CT molecular complexity index is 646. The standard InChI is InChI=1S/C14H16N4O3/c1-4-21-13-9(2)5-10(7-15-13)11-6-12(17-8-16-11)18-14(19)20-3/h5-8H,4H2,1-3H3,(H,16,17,18,19). The molecule has 21 heavy (non-hydrogen) atoms. The van der Waals surface area contributed by atoms with Crippen LogP contribution in [0.25, 0.3) is 11.3 Å². The Kier molecular flexibility index (Phi) is 4.65. The van der Waals surface area contributed by atoms with Crippen LogP contribution in [0.4, 0.5) is 10.6 Å². The lowest BCUT2D eigenvalue weighted by molar-refractivity contribution is 0.187. The van der Waals surface area contributed by atoms with Crippen molar-refractivity contribution in [2.24, 2.45) is 0 Å². The number of carbonyl (C=O) groups excluding carboxylic acids is 1. The lowest BCUT2D eigenvalue weighted by Gasteiger charge is -2.08. The van der Waals surface area contributed by atoms with E-state index in [-0.39, 0.29) is 0 Å².